The monoisotopic (exact) mass is 251 g/mol. The van der Waals surface area contributed by atoms with Gasteiger partial charge in [0.15, 0.2) is 5.82 Å². The molecule has 0 bridgehead atoms. The molecule has 4 nitrogen and oxygen atoms in total. The van der Waals surface area contributed by atoms with Crippen molar-refractivity contribution in [1.82, 2.24) is 15.0 Å². The minimum atomic E-state index is 0.700. The number of aromatic nitrogens is 3. The highest BCUT2D eigenvalue weighted by Gasteiger charge is 2.06. The fourth-order valence-electron chi connectivity index (χ4n) is 2.02. The quantitative estimate of drug-likeness (QED) is 0.702. The number of nitrogens with zero attached hydrogens (tertiary/aromatic N) is 3. The van der Waals surface area contributed by atoms with E-state index in [0.717, 1.165) is 27.9 Å². The summed E-state index contributed by atoms with van der Waals surface area (Å²) in [5.74, 6) is 1.57. The van der Waals surface area contributed by atoms with Crippen LogP contribution in [0.3, 0.4) is 0 Å². The minimum Gasteiger partial charge on any atom is -0.496 e. The maximum Gasteiger partial charge on any atom is 0.159 e. The lowest BCUT2D eigenvalue weighted by atomic mass is 10.1. The van der Waals surface area contributed by atoms with Crippen LogP contribution >= 0.6 is 0 Å². The van der Waals surface area contributed by atoms with Crippen molar-refractivity contribution in [3.8, 4) is 17.1 Å². The number of pyridine rings is 1. The van der Waals surface area contributed by atoms with Crippen molar-refractivity contribution >= 4 is 11.0 Å². The largest absolute Gasteiger partial charge is 0.496 e. The Labute approximate surface area is 111 Å². The Hall–Kier alpha value is -2.49. The van der Waals surface area contributed by atoms with Gasteiger partial charge < -0.3 is 4.74 Å². The van der Waals surface area contributed by atoms with Gasteiger partial charge in [0.2, 0.25) is 0 Å². The first-order valence-corrected chi connectivity index (χ1v) is 6.01. The first-order valence-electron chi connectivity index (χ1n) is 6.01. The average Bonchev–Trinajstić information content (AvgIpc) is 2.46. The summed E-state index contributed by atoms with van der Waals surface area (Å²) in [5.41, 5.74) is 3.69. The van der Waals surface area contributed by atoms with Gasteiger partial charge in [-0.2, -0.15) is 0 Å². The molecule has 0 spiro atoms. The number of hydrogen-bond donors (Lipinski definition) is 0. The zero-order chi connectivity index (χ0) is 13.2. The Morgan fingerprint density at radius 2 is 1.95 bits per heavy atom. The van der Waals surface area contributed by atoms with Crippen LogP contribution in [0.25, 0.3) is 22.4 Å². The van der Waals surface area contributed by atoms with Crippen LogP contribution in [0.2, 0.25) is 0 Å². The number of benzene rings is 1. The average molecular weight is 251 g/mol. The molecular weight excluding hydrogens is 238 g/mol. The van der Waals surface area contributed by atoms with Crippen molar-refractivity contribution in [2.45, 2.75) is 6.92 Å². The van der Waals surface area contributed by atoms with Gasteiger partial charge in [-0.15, -0.1) is 0 Å². The van der Waals surface area contributed by atoms with Gasteiger partial charge in [0.25, 0.3) is 0 Å². The second-order valence-electron chi connectivity index (χ2n) is 4.29. The predicted octanol–water partition coefficient (Wildman–Crippen LogP) is 3.01. The van der Waals surface area contributed by atoms with Crippen LogP contribution in [0.1, 0.15) is 5.56 Å². The van der Waals surface area contributed by atoms with Crippen LogP contribution in [0.15, 0.2) is 42.7 Å². The fourth-order valence-corrected chi connectivity index (χ4v) is 2.02. The number of hydrogen-bond acceptors (Lipinski definition) is 4. The first-order chi connectivity index (χ1) is 9.28. The Kier molecular flexibility index (Phi) is 2.83. The van der Waals surface area contributed by atoms with E-state index in [2.05, 4.69) is 15.0 Å². The van der Waals surface area contributed by atoms with E-state index in [1.807, 2.05) is 37.3 Å². The zero-order valence-corrected chi connectivity index (χ0v) is 10.8. The van der Waals surface area contributed by atoms with Crippen molar-refractivity contribution in [3.05, 3.63) is 48.3 Å². The Morgan fingerprint density at radius 3 is 2.74 bits per heavy atom. The highest BCUT2D eigenvalue weighted by Crippen LogP contribution is 2.24. The molecule has 0 aliphatic rings. The van der Waals surface area contributed by atoms with Crippen LogP contribution < -0.4 is 4.74 Å². The number of methoxy groups -OCH3 is 1. The standard InChI is InChI=1S/C15H13N3O/c1-10-8-11(5-6-14(10)19-2)15-17-9-13-12(18-15)4-3-7-16-13/h3-9H,1-2H3. The molecule has 0 amide bonds. The maximum absolute atomic E-state index is 5.26. The molecule has 0 radical (unpaired) electrons. The van der Waals surface area contributed by atoms with E-state index in [1.165, 1.54) is 0 Å². The number of ether oxygens (including phenoxy) is 1. The normalized spacial score (nSPS) is 10.6. The van der Waals surface area contributed by atoms with E-state index < -0.39 is 0 Å². The SMILES string of the molecule is COc1ccc(-c2ncc3ncccc3n2)cc1C. The molecule has 0 unspecified atom stereocenters. The molecular formula is C15H13N3O. The second kappa shape index (κ2) is 4.65. The molecule has 2 heterocycles. The van der Waals surface area contributed by atoms with Crippen LogP contribution in [-0.4, -0.2) is 22.1 Å². The third-order valence-corrected chi connectivity index (χ3v) is 3.00. The van der Waals surface area contributed by atoms with E-state index in [1.54, 1.807) is 19.5 Å². The number of aryl methyl sites for hydroxylation is 1. The van der Waals surface area contributed by atoms with Crippen LogP contribution in [0.5, 0.6) is 5.75 Å². The van der Waals surface area contributed by atoms with E-state index in [4.69, 9.17) is 4.74 Å². The smallest absolute Gasteiger partial charge is 0.159 e. The van der Waals surface area contributed by atoms with Crippen molar-refractivity contribution in [2.75, 3.05) is 7.11 Å². The molecule has 0 atom stereocenters. The van der Waals surface area contributed by atoms with Gasteiger partial charge in [-0.25, -0.2) is 9.97 Å². The zero-order valence-electron chi connectivity index (χ0n) is 10.8. The van der Waals surface area contributed by atoms with Gasteiger partial charge >= 0.3 is 0 Å². The molecule has 94 valence electrons. The predicted molar refractivity (Wildman–Crippen MR) is 74.1 cm³/mol. The molecule has 0 fully saturated rings. The molecule has 0 aliphatic heterocycles. The highest BCUT2D eigenvalue weighted by molar-refractivity contribution is 5.75. The van der Waals surface area contributed by atoms with Crippen molar-refractivity contribution in [3.63, 3.8) is 0 Å². The summed E-state index contributed by atoms with van der Waals surface area (Å²) in [5, 5.41) is 0. The Bertz CT molecular complexity index is 740. The molecule has 0 aliphatic carbocycles. The van der Waals surface area contributed by atoms with E-state index in [0.29, 0.717) is 5.82 Å². The second-order valence-corrected chi connectivity index (χ2v) is 4.29. The molecule has 4 heteroatoms. The molecule has 3 aromatic rings. The molecule has 3 rings (SSSR count). The van der Waals surface area contributed by atoms with Gasteiger partial charge in [0.05, 0.1) is 18.8 Å². The maximum atomic E-state index is 5.26. The van der Waals surface area contributed by atoms with Gasteiger partial charge in [-0.05, 0) is 42.8 Å². The summed E-state index contributed by atoms with van der Waals surface area (Å²) >= 11 is 0. The van der Waals surface area contributed by atoms with E-state index >= 15 is 0 Å². The Balaban J connectivity index is 2.11. The van der Waals surface area contributed by atoms with Crippen molar-refractivity contribution < 1.29 is 4.74 Å². The summed E-state index contributed by atoms with van der Waals surface area (Å²) in [6.45, 7) is 2.00. The van der Waals surface area contributed by atoms with Gasteiger partial charge in [-0.1, -0.05) is 0 Å². The van der Waals surface area contributed by atoms with E-state index in [9.17, 15) is 0 Å². The van der Waals surface area contributed by atoms with Crippen LogP contribution in [0, 0.1) is 6.92 Å². The van der Waals surface area contributed by atoms with Gasteiger partial charge in [0.1, 0.15) is 11.3 Å². The lowest BCUT2D eigenvalue weighted by Crippen LogP contribution is -1.93. The summed E-state index contributed by atoms with van der Waals surface area (Å²) in [7, 11) is 1.67. The molecule has 0 N–H and O–H groups in total. The molecule has 19 heavy (non-hydrogen) atoms. The Morgan fingerprint density at radius 1 is 1.05 bits per heavy atom. The molecule has 0 saturated carbocycles. The summed E-state index contributed by atoms with van der Waals surface area (Å²) in [6, 6.07) is 9.73. The topological polar surface area (TPSA) is 47.9 Å². The van der Waals surface area contributed by atoms with Crippen molar-refractivity contribution in [1.29, 1.82) is 0 Å². The summed E-state index contributed by atoms with van der Waals surface area (Å²) in [6.07, 6.45) is 3.49. The molecule has 2 aromatic heterocycles. The first kappa shape index (κ1) is 11.6. The number of rotatable bonds is 2. The minimum absolute atomic E-state index is 0.700. The lowest BCUT2D eigenvalue weighted by Gasteiger charge is -2.07. The lowest BCUT2D eigenvalue weighted by molar-refractivity contribution is 0.412. The molecule has 1 aromatic carbocycles. The summed E-state index contributed by atoms with van der Waals surface area (Å²) < 4.78 is 5.26. The highest BCUT2D eigenvalue weighted by atomic mass is 16.5. The summed E-state index contributed by atoms with van der Waals surface area (Å²) in [4.78, 5) is 13.1. The van der Waals surface area contributed by atoms with Crippen LogP contribution in [0.4, 0.5) is 0 Å². The fraction of sp³-hybridized carbons (Fsp3) is 0.133. The molecule has 0 saturated heterocycles. The number of fused-ring (bicyclic) bond motifs is 1. The third-order valence-electron chi connectivity index (χ3n) is 3.00. The van der Waals surface area contributed by atoms with Crippen LogP contribution in [-0.2, 0) is 0 Å². The van der Waals surface area contributed by atoms with Crippen molar-refractivity contribution in [2.24, 2.45) is 0 Å². The van der Waals surface area contributed by atoms with Gasteiger partial charge in [0, 0.05) is 11.8 Å². The third kappa shape index (κ3) is 2.12. The van der Waals surface area contributed by atoms with Gasteiger partial charge in [-0.3, -0.25) is 4.98 Å². The van der Waals surface area contributed by atoms with E-state index in [-0.39, 0.29) is 0 Å².